The summed E-state index contributed by atoms with van der Waals surface area (Å²) >= 11 is 3.49. The third kappa shape index (κ3) is 3.31. The largest absolute Gasteiger partial charge is 0.366 e. The van der Waals surface area contributed by atoms with Gasteiger partial charge in [0.1, 0.15) is 6.10 Å². The molecule has 1 aliphatic heterocycles. The van der Waals surface area contributed by atoms with Gasteiger partial charge in [-0.2, -0.15) is 0 Å². The van der Waals surface area contributed by atoms with Crippen LogP contribution in [0.15, 0.2) is 28.7 Å². The Morgan fingerprint density at radius 1 is 1.56 bits per heavy atom. The van der Waals surface area contributed by atoms with Crippen LogP contribution in [0.1, 0.15) is 18.5 Å². The number of carbonyl (C=O) groups is 1. The summed E-state index contributed by atoms with van der Waals surface area (Å²) in [6, 6.07) is 7.84. The molecule has 0 aliphatic carbocycles. The highest BCUT2D eigenvalue weighted by Gasteiger charge is 2.23. The molecule has 0 bridgehead atoms. The molecule has 4 nitrogen and oxygen atoms in total. The molecule has 1 aromatic rings. The predicted octanol–water partition coefficient (Wildman–Crippen LogP) is 1.61. The maximum absolute atomic E-state index is 12.0. The minimum absolute atomic E-state index is 0.0430. The van der Waals surface area contributed by atoms with E-state index >= 15 is 0 Å². The van der Waals surface area contributed by atoms with Crippen molar-refractivity contribution in [2.75, 3.05) is 19.7 Å². The summed E-state index contributed by atoms with van der Waals surface area (Å²) in [5.74, 6) is -0.0644. The molecule has 18 heavy (non-hydrogen) atoms. The van der Waals surface area contributed by atoms with Crippen LogP contribution in [0.25, 0.3) is 0 Å². The lowest BCUT2D eigenvalue weighted by Gasteiger charge is -2.25. The highest BCUT2D eigenvalue weighted by Crippen LogP contribution is 2.22. The summed E-state index contributed by atoms with van der Waals surface area (Å²) in [5.41, 5.74) is 1.06. The lowest BCUT2D eigenvalue weighted by molar-refractivity contribution is -0.134. The number of morpholine rings is 1. The molecule has 0 radical (unpaired) electrons. The second-order valence-electron chi connectivity index (χ2n) is 4.32. The van der Waals surface area contributed by atoms with Gasteiger partial charge in [-0.3, -0.25) is 4.79 Å². The van der Waals surface area contributed by atoms with Crippen molar-refractivity contribution >= 4 is 21.8 Å². The monoisotopic (exact) mass is 312 g/mol. The molecular formula is C13H17BrN2O2. The van der Waals surface area contributed by atoms with Gasteiger partial charge in [-0.25, -0.2) is 0 Å². The van der Waals surface area contributed by atoms with E-state index in [4.69, 9.17) is 4.74 Å². The molecule has 0 aromatic heterocycles. The summed E-state index contributed by atoms with van der Waals surface area (Å²) in [6.07, 6.45) is -0.385. The van der Waals surface area contributed by atoms with E-state index in [0.717, 1.165) is 16.6 Å². The van der Waals surface area contributed by atoms with Crippen molar-refractivity contribution < 1.29 is 9.53 Å². The molecule has 1 amide bonds. The van der Waals surface area contributed by atoms with Crippen LogP contribution in [0.5, 0.6) is 0 Å². The van der Waals surface area contributed by atoms with Crippen molar-refractivity contribution in [1.82, 2.24) is 10.6 Å². The summed E-state index contributed by atoms with van der Waals surface area (Å²) in [5, 5.41) is 6.12. The van der Waals surface area contributed by atoms with E-state index in [0.29, 0.717) is 13.2 Å². The van der Waals surface area contributed by atoms with Gasteiger partial charge in [0.25, 0.3) is 5.91 Å². The summed E-state index contributed by atoms with van der Waals surface area (Å²) in [7, 11) is 0. The van der Waals surface area contributed by atoms with E-state index in [1.165, 1.54) is 0 Å². The SMILES string of the molecule is C[C@@H](NC(=O)C1CNCCO1)c1ccccc1Br. The highest BCUT2D eigenvalue weighted by molar-refractivity contribution is 9.10. The third-order valence-corrected chi connectivity index (χ3v) is 3.67. The standard InChI is InChI=1S/C13H17BrN2O2/c1-9(10-4-2-3-5-11(10)14)16-13(17)12-8-15-6-7-18-12/h2-5,9,12,15H,6-8H2,1H3,(H,16,17)/t9-,12?/m1/s1. The van der Waals surface area contributed by atoms with E-state index in [1.54, 1.807) is 0 Å². The fourth-order valence-corrected chi connectivity index (χ4v) is 2.57. The number of hydrogen-bond acceptors (Lipinski definition) is 3. The number of nitrogens with one attached hydrogen (secondary N) is 2. The van der Waals surface area contributed by atoms with Gasteiger partial charge in [0.15, 0.2) is 0 Å². The maximum atomic E-state index is 12.0. The fourth-order valence-electron chi connectivity index (χ4n) is 1.94. The van der Waals surface area contributed by atoms with E-state index in [-0.39, 0.29) is 18.1 Å². The van der Waals surface area contributed by atoms with Gasteiger partial charge < -0.3 is 15.4 Å². The average molecular weight is 313 g/mol. The molecule has 1 aromatic carbocycles. The van der Waals surface area contributed by atoms with Crippen molar-refractivity contribution in [3.8, 4) is 0 Å². The summed E-state index contributed by atoms with van der Waals surface area (Å²) < 4.78 is 6.42. The molecule has 2 N–H and O–H groups in total. The number of amides is 1. The van der Waals surface area contributed by atoms with Crippen LogP contribution in [-0.4, -0.2) is 31.7 Å². The zero-order chi connectivity index (χ0) is 13.0. The number of rotatable bonds is 3. The number of benzene rings is 1. The first-order valence-corrected chi connectivity index (χ1v) is 6.85. The van der Waals surface area contributed by atoms with Gasteiger partial charge in [0, 0.05) is 17.6 Å². The van der Waals surface area contributed by atoms with Crippen LogP contribution in [-0.2, 0) is 9.53 Å². The molecule has 0 spiro atoms. The van der Waals surface area contributed by atoms with Crippen LogP contribution in [0, 0.1) is 0 Å². The van der Waals surface area contributed by atoms with Crippen molar-refractivity contribution in [2.24, 2.45) is 0 Å². The molecule has 1 fully saturated rings. The molecule has 2 rings (SSSR count). The number of carbonyl (C=O) groups excluding carboxylic acids is 1. The van der Waals surface area contributed by atoms with Gasteiger partial charge in [0.05, 0.1) is 12.6 Å². The van der Waals surface area contributed by atoms with Crippen LogP contribution >= 0.6 is 15.9 Å². The van der Waals surface area contributed by atoms with Gasteiger partial charge in [0.2, 0.25) is 0 Å². The average Bonchev–Trinajstić information content (AvgIpc) is 2.40. The normalized spacial score (nSPS) is 21.3. The Balaban J connectivity index is 1.96. The summed E-state index contributed by atoms with van der Waals surface area (Å²) in [4.78, 5) is 12.0. The van der Waals surface area contributed by atoms with E-state index < -0.39 is 0 Å². The smallest absolute Gasteiger partial charge is 0.250 e. The molecule has 1 unspecified atom stereocenters. The first-order chi connectivity index (χ1) is 8.68. The Hall–Kier alpha value is -0.910. The van der Waals surface area contributed by atoms with Crippen molar-refractivity contribution in [2.45, 2.75) is 19.1 Å². The van der Waals surface area contributed by atoms with Crippen LogP contribution < -0.4 is 10.6 Å². The predicted molar refractivity (Wildman–Crippen MR) is 73.3 cm³/mol. The lowest BCUT2D eigenvalue weighted by atomic mass is 10.1. The molecule has 98 valence electrons. The molecule has 1 heterocycles. The lowest BCUT2D eigenvalue weighted by Crippen LogP contribution is -2.48. The molecule has 5 heteroatoms. The molecule has 2 atom stereocenters. The zero-order valence-corrected chi connectivity index (χ0v) is 11.9. The van der Waals surface area contributed by atoms with E-state index in [9.17, 15) is 4.79 Å². The Labute approximate surface area is 115 Å². The van der Waals surface area contributed by atoms with Crippen molar-refractivity contribution in [3.63, 3.8) is 0 Å². The van der Waals surface area contributed by atoms with Crippen molar-refractivity contribution in [1.29, 1.82) is 0 Å². The Morgan fingerprint density at radius 2 is 2.33 bits per heavy atom. The van der Waals surface area contributed by atoms with Crippen LogP contribution in [0.4, 0.5) is 0 Å². The zero-order valence-electron chi connectivity index (χ0n) is 10.3. The molecule has 1 aliphatic rings. The maximum Gasteiger partial charge on any atom is 0.250 e. The van der Waals surface area contributed by atoms with Gasteiger partial charge in [-0.1, -0.05) is 34.1 Å². The minimum atomic E-state index is -0.385. The number of hydrogen-bond donors (Lipinski definition) is 2. The molecule has 1 saturated heterocycles. The number of halogens is 1. The molecular weight excluding hydrogens is 296 g/mol. The fraction of sp³-hybridized carbons (Fsp3) is 0.462. The number of ether oxygens (including phenoxy) is 1. The first kappa shape index (κ1) is 13.5. The highest BCUT2D eigenvalue weighted by atomic mass is 79.9. The van der Waals surface area contributed by atoms with Crippen molar-refractivity contribution in [3.05, 3.63) is 34.3 Å². The van der Waals surface area contributed by atoms with Gasteiger partial charge >= 0.3 is 0 Å². The first-order valence-electron chi connectivity index (χ1n) is 6.05. The van der Waals surface area contributed by atoms with E-state index in [1.807, 2.05) is 31.2 Å². The van der Waals surface area contributed by atoms with Crippen LogP contribution in [0.2, 0.25) is 0 Å². The summed E-state index contributed by atoms with van der Waals surface area (Å²) in [6.45, 7) is 3.94. The van der Waals surface area contributed by atoms with E-state index in [2.05, 4.69) is 26.6 Å². The second-order valence-corrected chi connectivity index (χ2v) is 5.17. The third-order valence-electron chi connectivity index (χ3n) is 2.95. The topological polar surface area (TPSA) is 50.4 Å². The Kier molecular flexibility index (Phi) is 4.74. The van der Waals surface area contributed by atoms with Gasteiger partial charge in [-0.15, -0.1) is 0 Å². The Bertz CT molecular complexity index is 419. The molecule has 0 saturated carbocycles. The minimum Gasteiger partial charge on any atom is -0.366 e. The quantitative estimate of drug-likeness (QED) is 0.891. The second kappa shape index (κ2) is 6.31. The van der Waals surface area contributed by atoms with Gasteiger partial charge in [-0.05, 0) is 18.6 Å². The Morgan fingerprint density at radius 3 is 3.00 bits per heavy atom. The van der Waals surface area contributed by atoms with Crippen LogP contribution in [0.3, 0.4) is 0 Å².